The lowest BCUT2D eigenvalue weighted by atomic mass is 9.97. The highest BCUT2D eigenvalue weighted by molar-refractivity contribution is 7.98. The maximum Gasteiger partial charge on any atom is 0.408 e. The van der Waals surface area contributed by atoms with Crippen LogP contribution in [0.5, 0.6) is 0 Å². The summed E-state index contributed by atoms with van der Waals surface area (Å²) in [5.41, 5.74) is 3.83. The average molecular weight is 584 g/mol. The summed E-state index contributed by atoms with van der Waals surface area (Å²) in [6.07, 6.45) is 5.52. The molecule has 2 unspecified atom stereocenters. The van der Waals surface area contributed by atoms with E-state index in [9.17, 15) is 14.4 Å². The van der Waals surface area contributed by atoms with Gasteiger partial charge in [0.2, 0.25) is 5.91 Å². The number of carbonyl (C=O) groups excluding carboxylic acids is 3. The Bertz CT molecular complexity index is 1160. The highest BCUT2D eigenvalue weighted by Crippen LogP contribution is 2.28. The first-order valence-electron chi connectivity index (χ1n) is 14.6. The Kier molecular flexibility index (Phi) is 13.7. The zero-order valence-corrected chi connectivity index (χ0v) is 27.0. The van der Waals surface area contributed by atoms with Gasteiger partial charge in [-0.3, -0.25) is 9.59 Å². The number of aryl methyl sites for hydroxylation is 3. The summed E-state index contributed by atoms with van der Waals surface area (Å²) in [5.74, 6) is 0.0939. The molecular weight excluding hydrogens is 534 g/mol. The SMILES string of the molecule is CCCCCCN(C(=O)C(CCSC)NC(=O)OC(C)(C)C)C(C(=O)Nc1ccccc1C)c1ccc(C)c(C)c1. The summed E-state index contributed by atoms with van der Waals surface area (Å²) in [7, 11) is 0. The third-order valence-corrected chi connectivity index (χ3v) is 7.59. The van der Waals surface area contributed by atoms with Gasteiger partial charge in [-0.25, -0.2) is 4.79 Å². The molecule has 8 heteroatoms. The van der Waals surface area contributed by atoms with Crippen molar-refractivity contribution in [3.8, 4) is 0 Å². The normalized spacial score (nSPS) is 12.8. The molecule has 0 aliphatic carbocycles. The molecule has 3 amide bonds. The fraction of sp³-hybridized carbons (Fsp3) is 0.545. The van der Waals surface area contributed by atoms with Crippen molar-refractivity contribution in [1.29, 1.82) is 0 Å². The first-order valence-corrected chi connectivity index (χ1v) is 16.0. The number of amides is 3. The van der Waals surface area contributed by atoms with Crippen LogP contribution < -0.4 is 10.6 Å². The predicted octanol–water partition coefficient (Wildman–Crippen LogP) is 7.35. The summed E-state index contributed by atoms with van der Waals surface area (Å²) in [4.78, 5) is 43.0. The van der Waals surface area contributed by atoms with Gasteiger partial charge in [0, 0.05) is 12.2 Å². The van der Waals surface area contributed by atoms with Gasteiger partial charge in [-0.15, -0.1) is 0 Å². The van der Waals surface area contributed by atoms with E-state index in [0.29, 0.717) is 24.4 Å². The molecule has 0 saturated carbocycles. The topological polar surface area (TPSA) is 87.7 Å². The molecule has 2 aromatic carbocycles. The minimum atomic E-state index is -0.875. The lowest BCUT2D eigenvalue weighted by Gasteiger charge is -2.35. The highest BCUT2D eigenvalue weighted by Gasteiger charge is 2.36. The molecule has 41 heavy (non-hydrogen) atoms. The van der Waals surface area contributed by atoms with Crippen LogP contribution in [-0.4, -0.2) is 53.0 Å². The monoisotopic (exact) mass is 583 g/mol. The van der Waals surface area contributed by atoms with Crippen molar-refractivity contribution in [2.24, 2.45) is 0 Å². The first-order chi connectivity index (χ1) is 19.4. The minimum absolute atomic E-state index is 0.285. The summed E-state index contributed by atoms with van der Waals surface area (Å²) < 4.78 is 5.50. The largest absolute Gasteiger partial charge is 0.444 e. The molecule has 0 heterocycles. The number of nitrogens with zero attached hydrogens (tertiary/aromatic N) is 1. The Morgan fingerprint density at radius 1 is 0.951 bits per heavy atom. The van der Waals surface area contributed by atoms with E-state index in [-0.39, 0.29) is 11.8 Å². The van der Waals surface area contributed by atoms with Gasteiger partial charge in [0.15, 0.2) is 0 Å². The summed E-state index contributed by atoms with van der Waals surface area (Å²) in [6.45, 7) is 13.9. The molecule has 0 bridgehead atoms. The first kappa shape index (κ1) is 34.2. The van der Waals surface area contributed by atoms with Crippen molar-refractivity contribution in [3.63, 3.8) is 0 Å². The standard InChI is InChI=1S/C33H49N3O4S/c1-9-10-11-14-20-36(31(38)28(19-21-41-8)35-32(39)40-33(5,6)7)29(26-18-17-23(2)25(4)22-26)30(37)34-27-16-13-12-15-24(27)3/h12-13,15-18,22,28-29H,9-11,14,19-21H2,1-8H3,(H,34,37)(H,35,39). The maximum atomic E-state index is 14.4. The Labute approximate surface area is 251 Å². The maximum absolute atomic E-state index is 14.4. The zero-order valence-electron chi connectivity index (χ0n) is 26.1. The van der Waals surface area contributed by atoms with Crippen LogP contribution in [0.25, 0.3) is 0 Å². The molecule has 226 valence electrons. The lowest BCUT2D eigenvalue weighted by Crippen LogP contribution is -2.52. The highest BCUT2D eigenvalue weighted by atomic mass is 32.2. The number of nitrogens with one attached hydrogen (secondary N) is 2. The number of alkyl carbamates (subject to hydrolysis) is 1. The third-order valence-electron chi connectivity index (χ3n) is 6.95. The number of ether oxygens (including phenoxy) is 1. The van der Waals surface area contributed by atoms with E-state index in [0.717, 1.165) is 47.9 Å². The summed E-state index contributed by atoms with van der Waals surface area (Å²) in [6, 6.07) is 11.8. The number of anilines is 1. The van der Waals surface area contributed by atoms with E-state index in [1.54, 1.807) is 37.4 Å². The van der Waals surface area contributed by atoms with Gasteiger partial charge in [-0.1, -0.05) is 62.6 Å². The molecule has 0 spiro atoms. The van der Waals surface area contributed by atoms with Crippen LogP contribution in [0.3, 0.4) is 0 Å². The van der Waals surface area contributed by atoms with E-state index in [2.05, 4.69) is 17.6 Å². The zero-order chi connectivity index (χ0) is 30.6. The number of benzene rings is 2. The second kappa shape index (κ2) is 16.4. The third kappa shape index (κ3) is 11.1. The van der Waals surface area contributed by atoms with Crippen molar-refractivity contribution in [3.05, 3.63) is 64.7 Å². The second-order valence-electron chi connectivity index (χ2n) is 11.6. The molecule has 0 aromatic heterocycles. The molecule has 2 rings (SSSR count). The molecule has 7 nitrogen and oxygen atoms in total. The van der Waals surface area contributed by atoms with Gasteiger partial charge in [-0.05, 0) is 94.7 Å². The number of carbonyl (C=O) groups is 3. The molecule has 2 aromatic rings. The minimum Gasteiger partial charge on any atom is -0.444 e. The fourth-order valence-electron chi connectivity index (χ4n) is 4.54. The quantitative estimate of drug-likeness (QED) is 0.227. The van der Waals surface area contributed by atoms with E-state index >= 15 is 0 Å². The smallest absolute Gasteiger partial charge is 0.408 e. The van der Waals surface area contributed by atoms with Gasteiger partial charge >= 0.3 is 6.09 Å². The summed E-state index contributed by atoms with van der Waals surface area (Å²) >= 11 is 1.60. The number of thioether (sulfide) groups is 1. The Balaban J connectivity index is 2.57. The number of unbranched alkanes of at least 4 members (excludes halogenated alkanes) is 3. The molecule has 2 atom stereocenters. The van der Waals surface area contributed by atoms with Crippen molar-refractivity contribution in [2.45, 2.75) is 98.3 Å². The van der Waals surface area contributed by atoms with Crippen LogP contribution in [0.1, 0.15) is 88.1 Å². The fourth-order valence-corrected chi connectivity index (χ4v) is 5.01. The molecular formula is C33H49N3O4S. The number of hydrogen-bond acceptors (Lipinski definition) is 5. The van der Waals surface area contributed by atoms with E-state index in [4.69, 9.17) is 4.74 Å². The van der Waals surface area contributed by atoms with Gasteiger partial charge in [0.1, 0.15) is 17.7 Å². The van der Waals surface area contributed by atoms with Crippen LogP contribution in [0.2, 0.25) is 0 Å². The molecule has 0 aliphatic rings. The van der Waals surface area contributed by atoms with Crippen molar-refractivity contribution < 1.29 is 19.1 Å². The number of rotatable bonds is 14. The summed E-state index contributed by atoms with van der Waals surface area (Å²) in [5, 5.41) is 5.90. The van der Waals surface area contributed by atoms with Crippen LogP contribution in [0.4, 0.5) is 10.5 Å². The molecule has 0 aliphatic heterocycles. The van der Waals surface area contributed by atoms with E-state index in [1.165, 1.54) is 0 Å². The van der Waals surface area contributed by atoms with Crippen molar-refractivity contribution >= 4 is 35.4 Å². The van der Waals surface area contributed by atoms with Crippen LogP contribution in [0, 0.1) is 20.8 Å². The Morgan fingerprint density at radius 2 is 1.66 bits per heavy atom. The van der Waals surface area contributed by atoms with Crippen LogP contribution >= 0.6 is 11.8 Å². The van der Waals surface area contributed by atoms with Crippen molar-refractivity contribution in [2.75, 3.05) is 23.9 Å². The van der Waals surface area contributed by atoms with E-state index in [1.807, 2.05) is 69.5 Å². The lowest BCUT2D eigenvalue weighted by molar-refractivity contribution is -0.141. The van der Waals surface area contributed by atoms with Crippen LogP contribution in [0.15, 0.2) is 42.5 Å². The molecule has 2 N–H and O–H groups in total. The Morgan fingerprint density at radius 3 is 2.27 bits per heavy atom. The molecule has 0 saturated heterocycles. The number of hydrogen-bond donors (Lipinski definition) is 2. The Hall–Kier alpha value is -3.00. The second-order valence-corrected chi connectivity index (χ2v) is 12.6. The molecule has 0 fully saturated rings. The van der Waals surface area contributed by atoms with Gasteiger partial charge < -0.3 is 20.3 Å². The van der Waals surface area contributed by atoms with Crippen LogP contribution in [-0.2, 0) is 14.3 Å². The van der Waals surface area contributed by atoms with E-state index < -0.39 is 23.8 Å². The predicted molar refractivity (Wildman–Crippen MR) is 170 cm³/mol. The van der Waals surface area contributed by atoms with Crippen molar-refractivity contribution in [1.82, 2.24) is 10.2 Å². The average Bonchev–Trinajstić information content (AvgIpc) is 2.90. The van der Waals surface area contributed by atoms with Gasteiger partial charge in [0.25, 0.3) is 5.91 Å². The van der Waals surface area contributed by atoms with Gasteiger partial charge in [-0.2, -0.15) is 11.8 Å². The molecule has 0 radical (unpaired) electrons. The number of para-hydroxylation sites is 1. The van der Waals surface area contributed by atoms with Gasteiger partial charge in [0.05, 0.1) is 0 Å².